The van der Waals surface area contributed by atoms with Crippen molar-refractivity contribution in [1.82, 2.24) is 9.78 Å². The average molecular weight is 308 g/mol. The van der Waals surface area contributed by atoms with E-state index in [-0.39, 0.29) is 23.4 Å². The van der Waals surface area contributed by atoms with Crippen molar-refractivity contribution in [3.8, 4) is 5.75 Å². The highest BCUT2D eigenvalue weighted by Crippen LogP contribution is 2.22. The third-order valence-corrected chi connectivity index (χ3v) is 2.50. The lowest BCUT2D eigenvalue weighted by atomic mass is 10.1. The van der Waals surface area contributed by atoms with E-state index < -0.39 is 35.6 Å². The van der Waals surface area contributed by atoms with E-state index in [0.717, 1.165) is 0 Å². The molecular formula is C12H15F3N2O4. The van der Waals surface area contributed by atoms with Gasteiger partial charge in [-0.3, -0.25) is 4.79 Å². The predicted molar refractivity (Wildman–Crippen MR) is 66.2 cm³/mol. The lowest BCUT2D eigenvalue weighted by Crippen LogP contribution is -2.35. The first-order valence-corrected chi connectivity index (χ1v) is 6.28. The fraction of sp³-hybridized carbons (Fsp3) is 0.583. The highest BCUT2D eigenvalue weighted by Gasteiger charge is 2.32. The smallest absolute Gasteiger partial charge is 0.408 e. The molecule has 21 heavy (non-hydrogen) atoms. The van der Waals surface area contributed by atoms with E-state index in [2.05, 4.69) is 9.84 Å². The van der Waals surface area contributed by atoms with Gasteiger partial charge in [0.25, 0.3) is 5.56 Å². The van der Waals surface area contributed by atoms with Gasteiger partial charge < -0.3 is 9.84 Å². The molecule has 0 fully saturated rings. The van der Waals surface area contributed by atoms with Crippen LogP contribution in [0.25, 0.3) is 0 Å². The molecule has 0 aliphatic carbocycles. The van der Waals surface area contributed by atoms with E-state index >= 15 is 0 Å². The number of aromatic nitrogens is 2. The van der Waals surface area contributed by atoms with Gasteiger partial charge in [-0.05, 0) is 13.3 Å². The molecule has 0 amide bonds. The van der Waals surface area contributed by atoms with Gasteiger partial charge in [-0.15, -0.1) is 0 Å². The number of halogens is 3. The summed E-state index contributed by atoms with van der Waals surface area (Å²) in [5.74, 6) is -1.89. The van der Waals surface area contributed by atoms with Crippen LogP contribution < -0.4 is 5.56 Å². The largest absolute Gasteiger partial charge is 0.505 e. The van der Waals surface area contributed by atoms with Crippen LogP contribution in [0.3, 0.4) is 0 Å². The van der Waals surface area contributed by atoms with E-state index in [9.17, 15) is 27.9 Å². The Bertz CT molecular complexity index is 581. The summed E-state index contributed by atoms with van der Waals surface area (Å²) in [5, 5.41) is 13.3. The van der Waals surface area contributed by atoms with Crippen LogP contribution >= 0.6 is 0 Å². The summed E-state index contributed by atoms with van der Waals surface area (Å²) >= 11 is 0. The Labute approximate surface area is 118 Å². The Morgan fingerprint density at radius 3 is 2.48 bits per heavy atom. The lowest BCUT2D eigenvalue weighted by Gasteiger charge is -2.13. The van der Waals surface area contributed by atoms with E-state index in [1.54, 1.807) is 6.92 Å². The molecule has 118 valence electrons. The van der Waals surface area contributed by atoms with Crippen molar-refractivity contribution in [3.05, 3.63) is 21.6 Å². The summed E-state index contributed by atoms with van der Waals surface area (Å²) < 4.78 is 42.0. The number of aromatic hydroxyl groups is 1. The summed E-state index contributed by atoms with van der Waals surface area (Å²) in [7, 11) is 0. The van der Waals surface area contributed by atoms with E-state index in [1.807, 2.05) is 0 Å². The van der Waals surface area contributed by atoms with Gasteiger partial charge in [-0.25, -0.2) is 9.48 Å². The molecule has 1 aromatic rings. The first kappa shape index (κ1) is 17.0. The molecule has 0 unspecified atom stereocenters. The molecule has 0 atom stereocenters. The second-order valence-electron chi connectivity index (χ2n) is 4.22. The van der Waals surface area contributed by atoms with Gasteiger partial charge in [0.05, 0.1) is 6.61 Å². The summed E-state index contributed by atoms with van der Waals surface area (Å²) in [6.45, 7) is 1.46. The molecule has 0 aliphatic heterocycles. The van der Waals surface area contributed by atoms with Gasteiger partial charge in [0.1, 0.15) is 12.2 Å². The van der Waals surface area contributed by atoms with Gasteiger partial charge in [0.2, 0.25) is 0 Å². The summed E-state index contributed by atoms with van der Waals surface area (Å²) in [6.07, 6.45) is -4.09. The SMILES string of the molecule is CCCc1nn(CC(F)(F)F)c(=O)c(C(=O)OCC)c1O. The van der Waals surface area contributed by atoms with Crippen LogP contribution in [0.1, 0.15) is 36.3 Å². The number of hydrogen-bond donors (Lipinski definition) is 1. The Morgan fingerprint density at radius 1 is 1.38 bits per heavy atom. The predicted octanol–water partition coefficient (Wildman–Crippen LogP) is 1.64. The molecule has 0 bridgehead atoms. The highest BCUT2D eigenvalue weighted by atomic mass is 19.4. The third kappa shape index (κ3) is 4.20. The van der Waals surface area contributed by atoms with Crippen LogP contribution in [0.15, 0.2) is 4.79 Å². The minimum absolute atomic E-state index is 0.0809. The van der Waals surface area contributed by atoms with Crippen molar-refractivity contribution < 1.29 is 27.8 Å². The summed E-state index contributed by atoms with van der Waals surface area (Å²) in [4.78, 5) is 23.5. The van der Waals surface area contributed by atoms with Crippen LogP contribution in [-0.2, 0) is 17.7 Å². The van der Waals surface area contributed by atoms with Crippen LogP contribution in [-0.4, -0.2) is 33.6 Å². The number of carbonyl (C=O) groups excluding carboxylic acids is 1. The third-order valence-electron chi connectivity index (χ3n) is 2.50. The zero-order valence-electron chi connectivity index (χ0n) is 11.5. The quantitative estimate of drug-likeness (QED) is 0.836. The van der Waals surface area contributed by atoms with Crippen LogP contribution in [0.4, 0.5) is 13.2 Å². The van der Waals surface area contributed by atoms with Crippen molar-refractivity contribution in [2.45, 2.75) is 39.4 Å². The van der Waals surface area contributed by atoms with Gasteiger partial charge in [-0.2, -0.15) is 18.3 Å². The molecule has 1 aromatic heterocycles. The van der Waals surface area contributed by atoms with Crippen molar-refractivity contribution in [2.24, 2.45) is 0 Å². The number of esters is 1. The van der Waals surface area contributed by atoms with Crippen LogP contribution in [0.2, 0.25) is 0 Å². The molecule has 6 nitrogen and oxygen atoms in total. The second kappa shape index (κ2) is 6.59. The summed E-state index contributed by atoms with van der Waals surface area (Å²) in [6, 6.07) is 0. The van der Waals surface area contributed by atoms with E-state index in [4.69, 9.17) is 0 Å². The molecular weight excluding hydrogens is 293 g/mol. The number of ether oxygens (including phenoxy) is 1. The molecule has 1 heterocycles. The molecule has 1 N–H and O–H groups in total. The first-order valence-electron chi connectivity index (χ1n) is 6.28. The number of rotatable bonds is 5. The molecule has 0 aromatic carbocycles. The molecule has 0 saturated heterocycles. The maximum atomic E-state index is 12.4. The van der Waals surface area contributed by atoms with E-state index in [0.29, 0.717) is 6.42 Å². The number of alkyl halides is 3. The van der Waals surface area contributed by atoms with Gasteiger partial charge >= 0.3 is 12.1 Å². The highest BCUT2D eigenvalue weighted by molar-refractivity contribution is 5.92. The zero-order valence-corrected chi connectivity index (χ0v) is 11.5. The minimum atomic E-state index is -4.68. The average Bonchev–Trinajstić information content (AvgIpc) is 2.34. The second-order valence-corrected chi connectivity index (χ2v) is 4.22. The minimum Gasteiger partial charge on any atom is -0.505 e. The van der Waals surface area contributed by atoms with Crippen molar-refractivity contribution in [2.75, 3.05) is 6.61 Å². The van der Waals surface area contributed by atoms with Crippen LogP contribution in [0, 0.1) is 0 Å². The molecule has 1 rings (SSSR count). The molecule has 0 radical (unpaired) electrons. The standard InChI is InChI=1S/C12H15F3N2O4/c1-3-5-7-9(18)8(11(20)21-4-2)10(19)17(16-7)6-12(13,14)15/h18H,3-6H2,1-2H3. The van der Waals surface area contributed by atoms with Crippen molar-refractivity contribution >= 4 is 5.97 Å². The topological polar surface area (TPSA) is 81.4 Å². The Hall–Kier alpha value is -2.06. The van der Waals surface area contributed by atoms with E-state index in [1.165, 1.54) is 6.92 Å². The van der Waals surface area contributed by atoms with Gasteiger partial charge in [0.15, 0.2) is 11.3 Å². The normalized spacial score (nSPS) is 11.5. The Morgan fingerprint density at radius 2 is 2.00 bits per heavy atom. The number of nitrogens with zero attached hydrogens (tertiary/aromatic N) is 2. The lowest BCUT2D eigenvalue weighted by molar-refractivity contribution is -0.143. The fourth-order valence-electron chi connectivity index (χ4n) is 1.68. The number of hydrogen-bond acceptors (Lipinski definition) is 5. The van der Waals surface area contributed by atoms with Crippen molar-refractivity contribution in [1.29, 1.82) is 0 Å². The maximum absolute atomic E-state index is 12.4. The molecule has 0 spiro atoms. The molecule has 0 aliphatic rings. The Kier molecular flexibility index (Phi) is 5.34. The maximum Gasteiger partial charge on any atom is 0.408 e. The first-order chi connectivity index (χ1) is 9.71. The van der Waals surface area contributed by atoms with Gasteiger partial charge in [-0.1, -0.05) is 13.3 Å². The zero-order chi connectivity index (χ0) is 16.2. The molecule has 0 saturated carbocycles. The van der Waals surface area contributed by atoms with Crippen LogP contribution in [0.5, 0.6) is 5.75 Å². The Balaban J connectivity index is 3.46. The fourth-order valence-corrected chi connectivity index (χ4v) is 1.68. The summed E-state index contributed by atoms with van der Waals surface area (Å²) in [5.41, 5.74) is -2.30. The van der Waals surface area contributed by atoms with Crippen molar-refractivity contribution in [3.63, 3.8) is 0 Å². The molecule has 9 heteroatoms. The monoisotopic (exact) mass is 308 g/mol. The number of carbonyl (C=O) groups is 1. The van der Waals surface area contributed by atoms with Gasteiger partial charge in [0, 0.05) is 0 Å². The number of aryl methyl sites for hydroxylation is 1.